The Labute approximate surface area is 690 Å². The van der Waals surface area contributed by atoms with Crippen molar-refractivity contribution in [3.05, 3.63) is 265 Å². The number of H-pyrrole nitrogens is 1. The van der Waals surface area contributed by atoms with Gasteiger partial charge in [-0.15, -0.1) is 0 Å². The lowest BCUT2D eigenvalue weighted by atomic mass is 10.1. The van der Waals surface area contributed by atoms with Crippen LogP contribution in [-0.2, 0) is 35.7 Å². The van der Waals surface area contributed by atoms with Crippen molar-refractivity contribution < 1.29 is 57.8 Å². The largest absolute Gasteiger partial charge is 0.494 e. The molecule has 3 atom stereocenters. The van der Waals surface area contributed by atoms with Gasteiger partial charge in [0, 0.05) is 85.9 Å². The zero-order valence-corrected chi connectivity index (χ0v) is 67.7. The molecular weight excluding hydrogens is 1490 g/mol. The van der Waals surface area contributed by atoms with Gasteiger partial charge in [-0.25, -0.2) is 9.69 Å². The third kappa shape index (κ3) is 28.0. The van der Waals surface area contributed by atoms with Gasteiger partial charge in [-0.3, -0.25) is 14.4 Å². The number of aromatic amines is 1. The Morgan fingerprint density at radius 3 is 1.30 bits per heavy atom. The van der Waals surface area contributed by atoms with E-state index in [1.807, 2.05) is 196 Å². The molecule has 2 amide bonds. The maximum Gasteiger partial charge on any atom is 0.248 e. The molecule has 22 heteroatoms. The highest BCUT2D eigenvalue weighted by Crippen LogP contribution is 2.28. The molecule has 3 unspecified atom stereocenters. The second kappa shape index (κ2) is 46.7. The van der Waals surface area contributed by atoms with Crippen molar-refractivity contribution in [2.45, 2.75) is 162 Å². The molecule has 0 bridgehead atoms. The topological polar surface area (TPSA) is 280 Å². The molecule has 1 saturated heterocycles. The normalized spacial score (nSPS) is 12.4. The Bertz CT molecular complexity index is 5420. The van der Waals surface area contributed by atoms with Crippen LogP contribution in [0.15, 0.2) is 225 Å². The number of ether oxygens (including phenoxy) is 7. The van der Waals surface area contributed by atoms with Crippen LogP contribution in [0.5, 0.6) is 34.5 Å². The van der Waals surface area contributed by atoms with Crippen LogP contribution in [0, 0.1) is 24.5 Å². The molecule has 0 radical (unpaired) electrons. The number of benzene rings is 8. The third-order valence-electron chi connectivity index (χ3n) is 19.8. The molecule has 13 aromatic rings. The van der Waals surface area contributed by atoms with E-state index in [2.05, 4.69) is 52.3 Å². The number of nitriles is 1. The number of nitrogens with one attached hydrogen (secondary N) is 1. The quantitative estimate of drug-likeness (QED) is 0.0136. The zero-order chi connectivity index (χ0) is 83.2. The molecule has 1 aliphatic heterocycles. The van der Waals surface area contributed by atoms with Gasteiger partial charge in [-0.2, -0.15) is 5.26 Å². The number of carbonyl (C=O) groups excluding carboxylic acids is 3. The third-order valence-corrected chi connectivity index (χ3v) is 19.8. The minimum absolute atomic E-state index is 0.0172. The van der Waals surface area contributed by atoms with Crippen molar-refractivity contribution in [3.63, 3.8) is 0 Å². The van der Waals surface area contributed by atoms with E-state index in [0.29, 0.717) is 71.1 Å². The van der Waals surface area contributed by atoms with E-state index in [-0.39, 0.29) is 32.1 Å². The number of nitrogens with zero attached hydrogens (tertiary/aromatic N) is 7. The summed E-state index contributed by atoms with van der Waals surface area (Å²) in [5, 5.41) is 34.8. The molecule has 1 aliphatic rings. The van der Waals surface area contributed by atoms with E-state index in [1.54, 1.807) is 36.4 Å². The molecule has 1 fully saturated rings. The standard InChI is InChI=1S/C25H32N2O4.C25H30N2O4.C25H30N2O3.C12H10N2O.C9H6N2/c2*1-2-3-4-5-6-15-30-22-8-10-23(11-9-22)31-18-21(28)17-27-14-13-19-16-20(25(26)29)7-12-24(19)27;1-2-3-4-5-6-15-29-23-8-10-24(11-9-23)30-19-22(28)18-27-14-13-21-16-20(17-26)7-12-25(21)27;1-13-10-2-3-12-9(6-10)4-5-14(12)7-11-8-15-11;1-10-8-2-3-9-7(6-8)4-5-11-9/h7-14,16,21,28H,2-6,15,17-18H2,1H3,(H2,26,29);7-14,16H,2-6,15,17-18H2,1H3,(H2,26,29);7-14,16,22,28H,2-6,15,18-19H2,1H3;2-6,11H,7-8H2;2-6,11H. The second-order valence-corrected chi connectivity index (χ2v) is 29.1. The Hall–Kier alpha value is -12.8. The van der Waals surface area contributed by atoms with Crippen LogP contribution in [0.1, 0.15) is 143 Å². The molecule has 7 N–H and O–H groups in total. The van der Waals surface area contributed by atoms with E-state index < -0.39 is 24.0 Å². The summed E-state index contributed by atoms with van der Waals surface area (Å²) in [7, 11) is 0. The first-order valence-corrected chi connectivity index (χ1v) is 40.8. The first-order valence-electron chi connectivity index (χ1n) is 40.8. The van der Waals surface area contributed by atoms with Crippen LogP contribution in [0.4, 0.5) is 11.4 Å². The lowest BCUT2D eigenvalue weighted by molar-refractivity contribution is -0.121. The minimum atomic E-state index is -0.675. The molecule has 0 saturated carbocycles. The summed E-state index contributed by atoms with van der Waals surface area (Å²) < 4.78 is 47.5. The summed E-state index contributed by atoms with van der Waals surface area (Å²) in [5.41, 5.74) is 18.6. The summed E-state index contributed by atoms with van der Waals surface area (Å²) in [6.07, 6.45) is 26.8. The van der Waals surface area contributed by atoms with Crippen LogP contribution < -0.4 is 39.9 Å². The van der Waals surface area contributed by atoms with E-state index in [9.17, 15) is 24.6 Å². The Morgan fingerprint density at radius 1 is 0.466 bits per heavy atom. The number of hydrogen-bond acceptors (Lipinski definition) is 13. The van der Waals surface area contributed by atoms with Crippen molar-refractivity contribution in [2.75, 3.05) is 46.2 Å². The van der Waals surface area contributed by atoms with Crippen LogP contribution in [0.3, 0.4) is 0 Å². The Morgan fingerprint density at radius 2 is 0.847 bits per heavy atom. The monoisotopic (exact) mass is 1590 g/mol. The average Bonchev–Trinajstić information content (AvgIpc) is 1.69. The van der Waals surface area contributed by atoms with Crippen molar-refractivity contribution in [2.24, 2.45) is 11.5 Å². The molecule has 22 nitrogen and oxygen atoms in total. The molecule has 614 valence electrons. The number of Topliss-reactive ketones (excluding diaryl/α,β-unsaturated/α-hetero) is 1. The summed E-state index contributed by atoms with van der Waals surface area (Å²) in [6, 6.07) is 61.7. The second-order valence-electron chi connectivity index (χ2n) is 29.1. The fourth-order valence-corrected chi connectivity index (χ4v) is 13.3. The van der Waals surface area contributed by atoms with Gasteiger partial charge in [0.15, 0.2) is 17.2 Å². The lowest BCUT2D eigenvalue weighted by Gasteiger charge is -2.14. The summed E-state index contributed by atoms with van der Waals surface area (Å²) >= 11 is 0. The fourth-order valence-electron chi connectivity index (χ4n) is 13.3. The maximum atomic E-state index is 12.4. The zero-order valence-electron chi connectivity index (χ0n) is 67.7. The molecule has 14 rings (SSSR count). The number of rotatable bonds is 40. The van der Waals surface area contributed by atoms with E-state index in [4.69, 9.17) is 63.0 Å². The molecule has 118 heavy (non-hydrogen) atoms. The van der Waals surface area contributed by atoms with Gasteiger partial charge in [0.1, 0.15) is 66.5 Å². The van der Waals surface area contributed by atoms with Gasteiger partial charge >= 0.3 is 0 Å². The van der Waals surface area contributed by atoms with Crippen molar-refractivity contribution in [1.82, 2.24) is 23.3 Å². The molecule has 5 aromatic heterocycles. The van der Waals surface area contributed by atoms with Gasteiger partial charge in [0.2, 0.25) is 11.8 Å². The van der Waals surface area contributed by atoms with Crippen LogP contribution >= 0.6 is 0 Å². The Kier molecular flexibility index (Phi) is 34.7. The molecule has 8 aromatic carbocycles. The van der Waals surface area contributed by atoms with Crippen LogP contribution in [0.25, 0.3) is 64.2 Å². The summed E-state index contributed by atoms with van der Waals surface area (Å²) in [5.74, 6) is 3.54. The van der Waals surface area contributed by atoms with Crippen LogP contribution in [-0.4, -0.2) is 116 Å². The van der Waals surface area contributed by atoms with Crippen molar-refractivity contribution in [1.29, 1.82) is 5.26 Å². The first kappa shape index (κ1) is 87.6. The summed E-state index contributed by atoms with van der Waals surface area (Å²) in [6.45, 7) is 25.7. The highest BCUT2D eigenvalue weighted by atomic mass is 16.6. The highest BCUT2D eigenvalue weighted by molar-refractivity contribution is 5.98. The number of ketones is 1. The van der Waals surface area contributed by atoms with Gasteiger partial charge in [0.05, 0.1) is 83.5 Å². The number of epoxide rings is 1. The van der Waals surface area contributed by atoms with Crippen molar-refractivity contribution >= 4 is 83.5 Å². The molecule has 6 heterocycles. The number of fused-ring (bicyclic) bond motifs is 5. The summed E-state index contributed by atoms with van der Waals surface area (Å²) in [4.78, 5) is 44.8. The predicted molar refractivity (Wildman–Crippen MR) is 466 cm³/mol. The number of hydrogen-bond donors (Lipinski definition) is 5. The van der Waals surface area contributed by atoms with E-state index in [0.717, 1.165) is 112 Å². The maximum absolute atomic E-state index is 12.4. The number of primary amides is 2. The number of nitrogens with two attached hydrogens (primary N) is 2. The number of aliphatic hydroxyl groups is 2. The van der Waals surface area contributed by atoms with Gasteiger partial charge < -0.3 is 78.1 Å². The smallest absolute Gasteiger partial charge is 0.248 e. The molecule has 0 spiro atoms. The van der Waals surface area contributed by atoms with E-state index in [1.165, 1.54) is 82.6 Å². The van der Waals surface area contributed by atoms with Crippen LogP contribution in [0.2, 0.25) is 0 Å². The number of aliphatic hydroxyl groups excluding tert-OH is 2. The van der Waals surface area contributed by atoms with E-state index >= 15 is 0 Å². The van der Waals surface area contributed by atoms with Crippen molar-refractivity contribution in [3.8, 4) is 40.6 Å². The van der Waals surface area contributed by atoms with Gasteiger partial charge in [-0.1, -0.05) is 110 Å². The first-order chi connectivity index (χ1) is 57.6. The number of aromatic nitrogens is 5. The predicted octanol–water partition coefficient (Wildman–Crippen LogP) is 19.9. The lowest BCUT2D eigenvalue weighted by Crippen LogP contribution is -2.23. The van der Waals surface area contributed by atoms with Gasteiger partial charge in [0.25, 0.3) is 0 Å². The van der Waals surface area contributed by atoms with Gasteiger partial charge in [-0.05, 0) is 212 Å². The molecule has 0 aliphatic carbocycles. The molecular formula is C96H108N10O12. The average molecular weight is 1590 g/mol. The highest BCUT2D eigenvalue weighted by Gasteiger charge is 2.23. The Balaban J connectivity index is 0.000000162. The minimum Gasteiger partial charge on any atom is -0.494 e. The number of amides is 2. The number of unbranched alkanes of at least 4 members (excludes halogenated alkanes) is 12. The SMILES string of the molecule is CCCCCCCOc1ccc(OCC(=O)Cn2ccc3cc(C(N)=O)ccc32)cc1.CCCCCCCOc1ccc(OCC(O)Cn2ccc3cc(C#N)ccc32)cc1.CCCCCCCOc1ccc(OCC(O)Cn2ccc3cc(C(N)=O)ccc32)cc1.[C-]#[N+]c1ccc2[nH]ccc2c1.[C-]#[N+]c1ccc2c(ccn2CC2CO2)c1. The number of carbonyl (C=O) groups is 3. The fraction of sp³-hybridized carbons (Fsp3) is 0.333.